The fourth-order valence-electron chi connectivity index (χ4n) is 2.95. The average Bonchev–Trinajstić information content (AvgIpc) is 3.19. The molecule has 4 heteroatoms. The summed E-state index contributed by atoms with van der Waals surface area (Å²) in [5.74, 6) is 1.11. The topological polar surface area (TPSA) is 37.4 Å². The zero-order chi connectivity index (χ0) is 14.1. The highest BCUT2D eigenvalue weighted by molar-refractivity contribution is 5.48. The van der Waals surface area contributed by atoms with E-state index < -0.39 is 0 Å². The molecule has 3 rings (SSSR count). The summed E-state index contributed by atoms with van der Waals surface area (Å²) < 4.78 is 5.79. The molecule has 0 amide bonds. The van der Waals surface area contributed by atoms with Gasteiger partial charge in [0.05, 0.1) is 12.2 Å². The molecule has 2 aliphatic rings. The first-order chi connectivity index (χ1) is 9.61. The zero-order valence-corrected chi connectivity index (χ0v) is 12.7. The predicted molar refractivity (Wildman–Crippen MR) is 81.1 cm³/mol. The van der Waals surface area contributed by atoms with E-state index in [0.717, 1.165) is 31.5 Å². The van der Waals surface area contributed by atoms with Crippen LogP contribution in [0.3, 0.4) is 0 Å². The number of nitrogens with zero attached hydrogens (tertiary/aromatic N) is 2. The van der Waals surface area contributed by atoms with Crippen molar-refractivity contribution in [2.24, 2.45) is 0 Å². The minimum atomic E-state index is 0.274. The summed E-state index contributed by atoms with van der Waals surface area (Å²) in [7, 11) is 0. The smallest absolute Gasteiger partial charge is 0.131 e. The van der Waals surface area contributed by atoms with Crippen molar-refractivity contribution in [2.45, 2.75) is 58.4 Å². The van der Waals surface area contributed by atoms with Gasteiger partial charge in [0.2, 0.25) is 0 Å². The maximum atomic E-state index is 5.79. The Morgan fingerprint density at radius 3 is 2.60 bits per heavy atom. The Labute approximate surface area is 121 Å². The van der Waals surface area contributed by atoms with Gasteiger partial charge in [-0.1, -0.05) is 0 Å². The number of ether oxygens (including phenoxy) is 1. The number of hydrogen-bond donors (Lipinski definition) is 1. The SMILES string of the molecule is Cc1cc(CNC2CC2)cnc1N1C[C@@H](C)O[C@@H](C)C1. The highest BCUT2D eigenvalue weighted by atomic mass is 16.5. The van der Waals surface area contributed by atoms with Crippen molar-refractivity contribution in [3.63, 3.8) is 0 Å². The standard InChI is InChI=1S/C16H25N3O/c1-11-6-14(7-17-15-4-5-15)8-18-16(11)19-9-12(2)20-13(3)10-19/h6,8,12-13,15,17H,4-5,7,9-10H2,1-3H3/t12-,13+. The monoisotopic (exact) mass is 275 g/mol. The van der Waals surface area contributed by atoms with Crippen LogP contribution in [0.5, 0.6) is 0 Å². The Bertz CT molecular complexity index is 463. The van der Waals surface area contributed by atoms with Crippen molar-refractivity contribution in [2.75, 3.05) is 18.0 Å². The largest absolute Gasteiger partial charge is 0.372 e. The molecule has 1 N–H and O–H groups in total. The fourth-order valence-corrected chi connectivity index (χ4v) is 2.95. The van der Waals surface area contributed by atoms with Gasteiger partial charge >= 0.3 is 0 Å². The van der Waals surface area contributed by atoms with Crippen LogP contribution in [0.4, 0.5) is 5.82 Å². The van der Waals surface area contributed by atoms with E-state index in [1.807, 2.05) is 6.20 Å². The third kappa shape index (κ3) is 3.30. The molecule has 1 aromatic heterocycles. The molecule has 0 radical (unpaired) electrons. The first-order valence-corrected chi connectivity index (χ1v) is 7.71. The number of aromatic nitrogens is 1. The predicted octanol–water partition coefficient (Wildman–Crippen LogP) is 2.26. The lowest BCUT2D eigenvalue weighted by molar-refractivity contribution is -0.00549. The number of rotatable bonds is 4. The van der Waals surface area contributed by atoms with E-state index in [2.05, 4.69) is 37.1 Å². The summed E-state index contributed by atoms with van der Waals surface area (Å²) in [5.41, 5.74) is 2.55. The van der Waals surface area contributed by atoms with Gasteiger partial charge < -0.3 is 15.0 Å². The Hall–Kier alpha value is -1.13. The van der Waals surface area contributed by atoms with Crippen LogP contribution < -0.4 is 10.2 Å². The summed E-state index contributed by atoms with van der Waals surface area (Å²) >= 11 is 0. The average molecular weight is 275 g/mol. The minimum absolute atomic E-state index is 0.274. The van der Waals surface area contributed by atoms with E-state index in [1.54, 1.807) is 0 Å². The molecule has 2 fully saturated rings. The number of anilines is 1. The summed E-state index contributed by atoms with van der Waals surface area (Å²) in [4.78, 5) is 7.05. The summed E-state index contributed by atoms with van der Waals surface area (Å²) in [6, 6.07) is 3.01. The third-order valence-electron chi connectivity index (χ3n) is 4.00. The molecule has 2 atom stereocenters. The Morgan fingerprint density at radius 2 is 2.00 bits per heavy atom. The molecule has 0 bridgehead atoms. The molecular weight excluding hydrogens is 250 g/mol. The highest BCUT2D eigenvalue weighted by Crippen LogP contribution is 2.23. The number of nitrogens with one attached hydrogen (secondary N) is 1. The molecule has 1 aromatic rings. The van der Waals surface area contributed by atoms with Crippen LogP contribution in [0.2, 0.25) is 0 Å². The van der Waals surface area contributed by atoms with Gasteiger partial charge in [0, 0.05) is 31.9 Å². The van der Waals surface area contributed by atoms with Crippen molar-refractivity contribution in [1.29, 1.82) is 0 Å². The normalized spacial score (nSPS) is 26.9. The van der Waals surface area contributed by atoms with Crippen LogP contribution in [0.15, 0.2) is 12.3 Å². The lowest BCUT2D eigenvalue weighted by atomic mass is 10.1. The Kier molecular flexibility index (Phi) is 3.94. The van der Waals surface area contributed by atoms with E-state index in [1.165, 1.54) is 24.0 Å². The molecule has 4 nitrogen and oxygen atoms in total. The van der Waals surface area contributed by atoms with Crippen LogP contribution in [0, 0.1) is 6.92 Å². The van der Waals surface area contributed by atoms with Crippen molar-refractivity contribution < 1.29 is 4.74 Å². The quantitative estimate of drug-likeness (QED) is 0.914. The molecule has 1 aliphatic carbocycles. The molecule has 1 aliphatic heterocycles. The minimum Gasteiger partial charge on any atom is -0.372 e. The van der Waals surface area contributed by atoms with Crippen LogP contribution >= 0.6 is 0 Å². The number of hydrogen-bond acceptors (Lipinski definition) is 4. The number of morpholine rings is 1. The van der Waals surface area contributed by atoms with E-state index in [9.17, 15) is 0 Å². The summed E-state index contributed by atoms with van der Waals surface area (Å²) in [6.07, 6.45) is 5.22. The zero-order valence-electron chi connectivity index (χ0n) is 12.7. The van der Waals surface area contributed by atoms with Crippen molar-refractivity contribution in [1.82, 2.24) is 10.3 Å². The Morgan fingerprint density at radius 1 is 1.30 bits per heavy atom. The van der Waals surface area contributed by atoms with Gasteiger partial charge in [-0.25, -0.2) is 4.98 Å². The van der Waals surface area contributed by atoms with E-state index in [0.29, 0.717) is 0 Å². The molecule has 1 saturated heterocycles. The fraction of sp³-hybridized carbons (Fsp3) is 0.688. The molecule has 20 heavy (non-hydrogen) atoms. The second-order valence-electron chi connectivity index (χ2n) is 6.30. The van der Waals surface area contributed by atoms with E-state index >= 15 is 0 Å². The molecule has 0 unspecified atom stereocenters. The molecule has 0 spiro atoms. The van der Waals surface area contributed by atoms with Crippen LogP contribution in [0.25, 0.3) is 0 Å². The van der Waals surface area contributed by atoms with Crippen LogP contribution in [0.1, 0.15) is 37.8 Å². The van der Waals surface area contributed by atoms with E-state index in [-0.39, 0.29) is 12.2 Å². The van der Waals surface area contributed by atoms with Gasteiger partial charge in [0.15, 0.2) is 0 Å². The highest BCUT2D eigenvalue weighted by Gasteiger charge is 2.24. The number of aryl methyl sites for hydroxylation is 1. The summed E-state index contributed by atoms with van der Waals surface area (Å²) in [6.45, 7) is 9.22. The second-order valence-corrected chi connectivity index (χ2v) is 6.30. The van der Waals surface area contributed by atoms with Crippen molar-refractivity contribution in [3.05, 3.63) is 23.4 Å². The molecule has 0 aromatic carbocycles. The van der Waals surface area contributed by atoms with Gasteiger partial charge in [-0.3, -0.25) is 0 Å². The lowest BCUT2D eigenvalue weighted by Crippen LogP contribution is -2.46. The molecule has 2 heterocycles. The molecular formula is C16H25N3O. The van der Waals surface area contributed by atoms with Gasteiger partial charge in [0.1, 0.15) is 5.82 Å². The van der Waals surface area contributed by atoms with Crippen molar-refractivity contribution in [3.8, 4) is 0 Å². The second kappa shape index (κ2) is 5.70. The lowest BCUT2D eigenvalue weighted by Gasteiger charge is -2.36. The third-order valence-corrected chi connectivity index (χ3v) is 4.00. The first-order valence-electron chi connectivity index (χ1n) is 7.71. The maximum Gasteiger partial charge on any atom is 0.131 e. The maximum absolute atomic E-state index is 5.79. The van der Waals surface area contributed by atoms with Gasteiger partial charge in [-0.05, 0) is 50.8 Å². The van der Waals surface area contributed by atoms with E-state index in [4.69, 9.17) is 9.72 Å². The van der Waals surface area contributed by atoms with Gasteiger partial charge in [-0.2, -0.15) is 0 Å². The first kappa shape index (κ1) is 13.8. The van der Waals surface area contributed by atoms with Crippen molar-refractivity contribution >= 4 is 5.82 Å². The Balaban J connectivity index is 1.69. The molecule has 110 valence electrons. The van der Waals surface area contributed by atoms with Gasteiger partial charge in [0.25, 0.3) is 0 Å². The van der Waals surface area contributed by atoms with Crippen LogP contribution in [-0.4, -0.2) is 36.3 Å². The summed E-state index contributed by atoms with van der Waals surface area (Å²) in [5, 5.41) is 3.54. The van der Waals surface area contributed by atoms with Crippen LogP contribution in [-0.2, 0) is 11.3 Å². The number of pyridine rings is 1. The molecule has 1 saturated carbocycles. The van der Waals surface area contributed by atoms with Gasteiger partial charge in [-0.15, -0.1) is 0 Å².